The van der Waals surface area contributed by atoms with Crippen LogP contribution in [0.4, 0.5) is 0 Å². The zero-order valence-electron chi connectivity index (χ0n) is 14.5. The summed E-state index contributed by atoms with van der Waals surface area (Å²) in [4.78, 5) is 24.0. The second-order valence-corrected chi connectivity index (χ2v) is 5.48. The lowest BCUT2D eigenvalue weighted by Gasteiger charge is -2.16. The molecule has 0 saturated carbocycles. The van der Waals surface area contributed by atoms with Crippen molar-refractivity contribution in [3.05, 3.63) is 59.7 Å². The molecule has 6 heteroatoms. The Hall–Kier alpha value is -3.02. The van der Waals surface area contributed by atoms with Crippen LogP contribution in [0.5, 0.6) is 11.5 Å². The van der Waals surface area contributed by atoms with E-state index in [1.165, 1.54) is 0 Å². The van der Waals surface area contributed by atoms with Gasteiger partial charge in [-0.05, 0) is 30.2 Å². The van der Waals surface area contributed by atoms with E-state index < -0.39 is 11.8 Å². The van der Waals surface area contributed by atoms with Crippen LogP contribution in [0.3, 0.4) is 0 Å². The number of carbonyl (C=O) groups excluding carboxylic acids is 2. The maximum Gasteiger partial charge on any atom is 0.309 e. The van der Waals surface area contributed by atoms with E-state index in [1.807, 2.05) is 36.4 Å². The van der Waals surface area contributed by atoms with Gasteiger partial charge < -0.3 is 20.1 Å². The molecule has 0 aliphatic carbocycles. The minimum Gasteiger partial charge on any atom is -0.493 e. The van der Waals surface area contributed by atoms with E-state index in [2.05, 4.69) is 10.6 Å². The van der Waals surface area contributed by atoms with E-state index in [9.17, 15) is 9.59 Å². The molecule has 0 fully saturated rings. The molecule has 0 aromatic heterocycles. The molecule has 2 rings (SSSR count). The van der Waals surface area contributed by atoms with Crippen LogP contribution in [-0.4, -0.2) is 26.0 Å². The van der Waals surface area contributed by atoms with Crippen molar-refractivity contribution in [2.24, 2.45) is 0 Å². The Labute approximate surface area is 147 Å². The van der Waals surface area contributed by atoms with Crippen LogP contribution in [0.25, 0.3) is 0 Å². The Bertz CT molecular complexity index is 731. The topological polar surface area (TPSA) is 76.7 Å². The molecule has 0 heterocycles. The molecule has 2 amide bonds. The van der Waals surface area contributed by atoms with Gasteiger partial charge in [0.2, 0.25) is 0 Å². The van der Waals surface area contributed by atoms with E-state index in [4.69, 9.17) is 9.47 Å². The second kappa shape index (κ2) is 8.73. The van der Waals surface area contributed by atoms with Crippen molar-refractivity contribution >= 4 is 11.8 Å². The molecule has 0 aliphatic rings. The van der Waals surface area contributed by atoms with Gasteiger partial charge in [0.25, 0.3) is 0 Å². The maximum absolute atomic E-state index is 12.0. The number of ether oxygens (including phenoxy) is 2. The Kier molecular flexibility index (Phi) is 6.39. The van der Waals surface area contributed by atoms with Crippen molar-refractivity contribution in [1.82, 2.24) is 10.6 Å². The number of benzene rings is 2. The first-order valence-electron chi connectivity index (χ1n) is 7.89. The van der Waals surface area contributed by atoms with E-state index in [0.29, 0.717) is 18.0 Å². The number of nitrogens with one attached hydrogen (secondary N) is 2. The number of hydrogen-bond donors (Lipinski definition) is 2. The van der Waals surface area contributed by atoms with Crippen molar-refractivity contribution in [3.8, 4) is 11.5 Å². The molecule has 132 valence electrons. The monoisotopic (exact) mass is 342 g/mol. The van der Waals surface area contributed by atoms with Gasteiger partial charge in [0, 0.05) is 6.54 Å². The summed E-state index contributed by atoms with van der Waals surface area (Å²) in [5.74, 6) is -0.186. The highest BCUT2D eigenvalue weighted by molar-refractivity contribution is 6.35. The highest BCUT2D eigenvalue weighted by Crippen LogP contribution is 2.29. The smallest absolute Gasteiger partial charge is 0.309 e. The van der Waals surface area contributed by atoms with Gasteiger partial charge >= 0.3 is 11.8 Å². The molecule has 0 spiro atoms. The Morgan fingerprint density at radius 3 is 2.28 bits per heavy atom. The number of methoxy groups -OCH3 is 2. The molecule has 1 atom stereocenters. The second-order valence-electron chi connectivity index (χ2n) is 5.48. The van der Waals surface area contributed by atoms with Gasteiger partial charge in [-0.15, -0.1) is 0 Å². The minimum atomic E-state index is -0.682. The number of hydrogen-bond acceptors (Lipinski definition) is 4. The normalized spacial score (nSPS) is 11.3. The van der Waals surface area contributed by atoms with Gasteiger partial charge in [0.15, 0.2) is 11.5 Å². The molecule has 2 N–H and O–H groups in total. The van der Waals surface area contributed by atoms with Gasteiger partial charge in [-0.2, -0.15) is 0 Å². The van der Waals surface area contributed by atoms with E-state index in [0.717, 1.165) is 11.1 Å². The van der Waals surface area contributed by atoms with Crippen molar-refractivity contribution in [1.29, 1.82) is 0 Å². The summed E-state index contributed by atoms with van der Waals surface area (Å²) in [5, 5.41) is 5.27. The summed E-state index contributed by atoms with van der Waals surface area (Å²) in [5.41, 5.74) is 1.73. The number of amides is 2. The lowest BCUT2D eigenvalue weighted by atomic mass is 10.1. The zero-order chi connectivity index (χ0) is 18.2. The fraction of sp³-hybridized carbons (Fsp3) is 0.263. The van der Waals surface area contributed by atoms with Gasteiger partial charge in [-0.25, -0.2) is 0 Å². The summed E-state index contributed by atoms with van der Waals surface area (Å²) in [6, 6.07) is 14.4. The highest BCUT2D eigenvalue weighted by atomic mass is 16.5. The van der Waals surface area contributed by atoms with Crippen LogP contribution < -0.4 is 20.1 Å². The van der Waals surface area contributed by atoms with Crippen LogP contribution in [0.15, 0.2) is 48.5 Å². The summed E-state index contributed by atoms with van der Waals surface area (Å²) >= 11 is 0. The van der Waals surface area contributed by atoms with E-state index in [1.54, 1.807) is 33.3 Å². The SMILES string of the molecule is COc1ccc(C(C)NC(=O)C(=O)NCc2ccccc2)cc1OC. The van der Waals surface area contributed by atoms with E-state index in [-0.39, 0.29) is 6.04 Å². The van der Waals surface area contributed by atoms with Crippen molar-refractivity contribution in [3.63, 3.8) is 0 Å². The van der Waals surface area contributed by atoms with Crippen LogP contribution in [0, 0.1) is 0 Å². The van der Waals surface area contributed by atoms with Gasteiger partial charge in [-0.3, -0.25) is 9.59 Å². The molecule has 0 radical (unpaired) electrons. The molecule has 2 aromatic carbocycles. The molecular formula is C19H22N2O4. The first-order chi connectivity index (χ1) is 12.0. The van der Waals surface area contributed by atoms with Crippen LogP contribution in [0.1, 0.15) is 24.1 Å². The lowest BCUT2D eigenvalue weighted by molar-refractivity contribution is -0.139. The molecule has 2 aromatic rings. The molecule has 25 heavy (non-hydrogen) atoms. The van der Waals surface area contributed by atoms with Gasteiger partial charge in [0.1, 0.15) is 0 Å². The summed E-state index contributed by atoms with van der Waals surface area (Å²) in [7, 11) is 3.10. The summed E-state index contributed by atoms with van der Waals surface area (Å²) in [6.45, 7) is 2.10. The first kappa shape index (κ1) is 18.3. The molecule has 6 nitrogen and oxygen atoms in total. The van der Waals surface area contributed by atoms with Gasteiger partial charge in [0.05, 0.1) is 20.3 Å². The molecule has 0 saturated heterocycles. The fourth-order valence-electron chi connectivity index (χ4n) is 2.33. The zero-order valence-corrected chi connectivity index (χ0v) is 14.5. The summed E-state index contributed by atoms with van der Waals surface area (Å²) in [6.07, 6.45) is 0. The maximum atomic E-state index is 12.0. The molecular weight excluding hydrogens is 320 g/mol. The highest BCUT2D eigenvalue weighted by Gasteiger charge is 2.18. The van der Waals surface area contributed by atoms with Crippen LogP contribution >= 0.6 is 0 Å². The standard InChI is InChI=1S/C19H22N2O4/c1-13(15-9-10-16(24-2)17(11-15)25-3)21-19(23)18(22)20-12-14-7-5-4-6-8-14/h4-11,13H,12H2,1-3H3,(H,20,22)(H,21,23). The quantitative estimate of drug-likeness (QED) is 0.789. The number of carbonyl (C=O) groups is 2. The fourth-order valence-corrected chi connectivity index (χ4v) is 2.33. The Morgan fingerprint density at radius 1 is 0.960 bits per heavy atom. The first-order valence-corrected chi connectivity index (χ1v) is 7.89. The molecule has 0 bridgehead atoms. The van der Waals surface area contributed by atoms with Crippen molar-refractivity contribution in [2.45, 2.75) is 19.5 Å². The average Bonchev–Trinajstić information content (AvgIpc) is 2.66. The predicted octanol–water partition coefficient (Wildman–Crippen LogP) is 2.20. The lowest BCUT2D eigenvalue weighted by Crippen LogP contribution is -2.40. The average molecular weight is 342 g/mol. The van der Waals surface area contributed by atoms with Gasteiger partial charge in [-0.1, -0.05) is 36.4 Å². The van der Waals surface area contributed by atoms with Crippen molar-refractivity contribution in [2.75, 3.05) is 14.2 Å². The number of rotatable bonds is 6. The van der Waals surface area contributed by atoms with Crippen LogP contribution in [-0.2, 0) is 16.1 Å². The predicted molar refractivity (Wildman–Crippen MR) is 94.4 cm³/mol. The van der Waals surface area contributed by atoms with Crippen molar-refractivity contribution < 1.29 is 19.1 Å². The summed E-state index contributed by atoms with van der Waals surface area (Å²) < 4.78 is 10.4. The van der Waals surface area contributed by atoms with E-state index >= 15 is 0 Å². The third-order valence-corrected chi connectivity index (χ3v) is 3.76. The largest absolute Gasteiger partial charge is 0.493 e. The van der Waals surface area contributed by atoms with Crippen LogP contribution in [0.2, 0.25) is 0 Å². The molecule has 0 aliphatic heterocycles. The third-order valence-electron chi connectivity index (χ3n) is 3.76. The Morgan fingerprint density at radius 2 is 1.64 bits per heavy atom. The third kappa shape index (κ3) is 4.97. The minimum absolute atomic E-state index is 0.303. The Balaban J connectivity index is 1.93. The molecule has 1 unspecified atom stereocenters.